The van der Waals surface area contributed by atoms with E-state index in [1.54, 1.807) is 0 Å². The van der Waals surface area contributed by atoms with Crippen LogP contribution in [0, 0.1) is 25.2 Å². The molecule has 0 atom stereocenters. The minimum absolute atomic E-state index is 0.104. The fraction of sp³-hybridized carbons (Fsp3) is 0.412. The van der Waals surface area contributed by atoms with Crippen molar-refractivity contribution in [3.8, 4) is 6.07 Å². The number of anilines is 1. The van der Waals surface area contributed by atoms with E-state index in [1.165, 1.54) is 27.8 Å². The number of sulfonamides is 1. The minimum atomic E-state index is -3.73. The molecule has 1 aliphatic heterocycles. The Morgan fingerprint density at radius 2 is 1.96 bits per heavy atom. The predicted molar refractivity (Wildman–Crippen MR) is 97.8 cm³/mol. The van der Waals surface area contributed by atoms with Crippen LogP contribution in [-0.4, -0.2) is 31.7 Å². The van der Waals surface area contributed by atoms with E-state index in [0.29, 0.717) is 23.7 Å². The molecule has 0 aromatic carbocycles. The van der Waals surface area contributed by atoms with Crippen LogP contribution in [0.2, 0.25) is 0 Å². The quantitative estimate of drug-likeness (QED) is 0.859. The molecule has 1 aliphatic rings. The van der Waals surface area contributed by atoms with Gasteiger partial charge in [0.1, 0.15) is 11.1 Å². The largest absolute Gasteiger partial charge is 0.438 e. The van der Waals surface area contributed by atoms with Gasteiger partial charge in [-0.1, -0.05) is 6.42 Å². The Balaban J connectivity index is 1.80. The van der Waals surface area contributed by atoms with Crippen molar-refractivity contribution in [3.63, 3.8) is 0 Å². The number of hydrogen-bond acceptors (Lipinski definition) is 6. The second-order valence-corrected chi connectivity index (χ2v) is 9.23. The molecule has 3 heterocycles. The number of hydrogen-bond donors (Lipinski definition) is 1. The van der Waals surface area contributed by atoms with Crippen molar-refractivity contribution in [2.45, 2.75) is 38.2 Å². The highest BCUT2D eigenvalue weighted by atomic mass is 32.2. The lowest BCUT2D eigenvalue weighted by atomic mass is 10.2. The monoisotopic (exact) mass is 393 g/mol. The van der Waals surface area contributed by atoms with Gasteiger partial charge in [0.15, 0.2) is 5.76 Å². The fourth-order valence-electron chi connectivity index (χ4n) is 2.83. The van der Waals surface area contributed by atoms with Gasteiger partial charge in [-0.05, 0) is 44.4 Å². The Labute approximate surface area is 156 Å². The van der Waals surface area contributed by atoms with Crippen LogP contribution in [0.25, 0.3) is 0 Å². The van der Waals surface area contributed by atoms with Crippen LogP contribution >= 0.6 is 11.3 Å². The molecule has 3 rings (SSSR count). The van der Waals surface area contributed by atoms with E-state index < -0.39 is 15.9 Å². The summed E-state index contributed by atoms with van der Waals surface area (Å²) in [7, 11) is -3.73. The summed E-state index contributed by atoms with van der Waals surface area (Å²) in [6.45, 7) is 4.61. The summed E-state index contributed by atoms with van der Waals surface area (Å²) in [6.07, 6.45) is 2.65. The average Bonchev–Trinajstić information content (AvgIpc) is 3.22. The average molecular weight is 393 g/mol. The second-order valence-electron chi connectivity index (χ2n) is 6.14. The van der Waals surface area contributed by atoms with Gasteiger partial charge in [-0.15, -0.1) is 11.3 Å². The van der Waals surface area contributed by atoms with Gasteiger partial charge in [-0.2, -0.15) is 9.57 Å². The van der Waals surface area contributed by atoms with Crippen molar-refractivity contribution in [1.82, 2.24) is 4.31 Å². The first-order chi connectivity index (χ1) is 12.3. The van der Waals surface area contributed by atoms with Crippen molar-refractivity contribution < 1.29 is 17.6 Å². The fourth-order valence-corrected chi connectivity index (χ4v) is 5.26. The molecule has 2 aromatic rings. The van der Waals surface area contributed by atoms with Crippen molar-refractivity contribution >= 4 is 32.3 Å². The third-order valence-electron chi connectivity index (χ3n) is 4.44. The molecule has 9 heteroatoms. The lowest BCUT2D eigenvalue weighted by Crippen LogP contribution is -2.35. The Kier molecular flexibility index (Phi) is 5.18. The first kappa shape index (κ1) is 18.6. The van der Waals surface area contributed by atoms with E-state index in [0.717, 1.165) is 29.7 Å². The zero-order valence-corrected chi connectivity index (χ0v) is 16.2. The van der Waals surface area contributed by atoms with Crippen LogP contribution in [0.3, 0.4) is 0 Å². The predicted octanol–water partition coefficient (Wildman–Crippen LogP) is 3.26. The number of nitrogens with zero attached hydrogens (tertiary/aromatic N) is 2. The minimum Gasteiger partial charge on any atom is -0.438 e. The molecule has 138 valence electrons. The summed E-state index contributed by atoms with van der Waals surface area (Å²) in [4.78, 5) is 13.3. The topological polar surface area (TPSA) is 103 Å². The summed E-state index contributed by atoms with van der Waals surface area (Å²) >= 11 is 1.30. The van der Waals surface area contributed by atoms with Crippen LogP contribution < -0.4 is 5.32 Å². The highest BCUT2D eigenvalue weighted by Crippen LogP contribution is 2.32. The first-order valence-corrected chi connectivity index (χ1v) is 10.5. The van der Waals surface area contributed by atoms with E-state index in [2.05, 4.69) is 11.4 Å². The lowest BCUT2D eigenvalue weighted by Gasteiger charge is -2.24. The van der Waals surface area contributed by atoms with E-state index in [1.807, 2.05) is 13.8 Å². The number of amides is 1. The number of nitriles is 1. The summed E-state index contributed by atoms with van der Waals surface area (Å²) in [5.74, 6) is -0.684. The maximum Gasteiger partial charge on any atom is 0.292 e. The number of piperidine rings is 1. The van der Waals surface area contributed by atoms with Gasteiger partial charge < -0.3 is 9.73 Å². The van der Waals surface area contributed by atoms with Crippen molar-refractivity contribution in [2.24, 2.45) is 0 Å². The zero-order chi connectivity index (χ0) is 18.9. The summed E-state index contributed by atoms with van der Waals surface area (Å²) in [5, 5.41) is 12.1. The van der Waals surface area contributed by atoms with Crippen LogP contribution in [0.4, 0.5) is 5.00 Å². The van der Waals surface area contributed by atoms with Gasteiger partial charge in [0, 0.05) is 18.0 Å². The molecule has 0 bridgehead atoms. The molecular formula is C17H19N3O4S2. The van der Waals surface area contributed by atoms with E-state index >= 15 is 0 Å². The number of carbonyl (C=O) groups is 1. The molecular weight excluding hydrogens is 374 g/mol. The van der Waals surface area contributed by atoms with Crippen LogP contribution in [-0.2, 0) is 10.0 Å². The number of carbonyl (C=O) groups excluding carboxylic acids is 1. The molecule has 7 nitrogen and oxygen atoms in total. The number of thiophene rings is 1. The lowest BCUT2D eigenvalue weighted by molar-refractivity contribution is 0.0991. The maximum atomic E-state index is 12.6. The third kappa shape index (κ3) is 3.40. The smallest absolute Gasteiger partial charge is 0.292 e. The van der Waals surface area contributed by atoms with Crippen LogP contribution in [0.5, 0.6) is 0 Å². The highest BCUT2D eigenvalue weighted by Gasteiger charge is 2.30. The van der Waals surface area contributed by atoms with Crippen molar-refractivity contribution in [1.29, 1.82) is 5.26 Å². The van der Waals surface area contributed by atoms with Crippen LogP contribution in [0.15, 0.2) is 21.6 Å². The Hall–Kier alpha value is -2.15. The van der Waals surface area contributed by atoms with Crippen molar-refractivity contribution in [3.05, 3.63) is 33.9 Å². The highest BCUT2D eigenvalue weighted by molar-refractivity contribution is 7.89. The number of nitrogens with one attached hydrogen (secondary N) is 1. The number of furan rings is 1. The maximum absolute atomic E-state index is 12.6. The molecule has 1 saturated heterocycles. The molecule has 1 N–H and O–H groups in total. The first-order valence-electron chi connectivity index (χ1n) is 8.26. The number of rotatable bonds is 4. The van der Waals surface area contributed by atoms with Gasteiger partial charge >= 0.3 is 0 Å². The normalized spacial score (nSPS) is 15.6. The summed E-state index contributed by atoms with van der Waals surface area (Å²) in [5.41, 5.74) is 1.23. The van der Waals surface area contributed by atoms with E-state index in [4.69, 9.17) is 4.42 Å². The summed E-state index contributed by atoms with van der Waals surface area (Å²) < 4.78 is 31.9. The Morgan fingerprint density at radius 3 is 2.62 bits per heavy atom. The molecule has 26 heavy (non-hydrogen) atoms. The standard InChI is InChI=1S/C17H19N3O4S2/c1-11-12(2)25-17(13(11)10-18)19-16(21)14-6-7-15(24-14)26(22,23)20-8-4-3-5-9-20/h6-7H,3-5,8-9H2,1-2H3,(H,19,21). The Morgan fingerprint density at radius 1 is 1.27 bits per heavy atom. The molecule has 0 saturated carbocycles. The van der Waals surface area contributed by atoms with Gasteiger partial charge in [0.25, 0.3) is 15.9 Å². The number of aryl methyl sites for hydroxylation is 1. The molecule has 0 aliphatic carbocycles. The van der Waals surface area contributed by atoms with Crippen LogP contribution in [0.1, 0.15) is 45.8 Å². The van der Waals surface area contributed by atoms with Gasteiger partial charge in [0.2, 0.25) is 5.09 Å². The third-order valence-corrected chi connectivity index (χ3v) is 7.33. The van der Waals surface area contributed by atoms with Gasteiger partial charge in [-0.25, -0.2) is 8.42 Å². The Bertz CT molecular complexity index is 976. The van der Waals surface area contributed by atoms with Gasteiger partial charge in [-0.3, -0.25) is 4.79 Å². The van der Waals surface area contributed by atoms with E-state index in [9.17, 15) is 18.5 Å². The van der Waals surface area contributed by atoms with Gasteiger partial charge in [0.05, 0.1) is 5.56 Å². The molecule has 1 fully saturated rings. The zero-order valence-electron chi connectivity index (χ0n) is 14.5. The summed E-state index contributed by atoms with van der Waals surface area (Å²) in [6, 6.07) is 4.72. The van der Waals surface area contributed by atoms with Crippen molar-refractivity contribution in [2.75, 3.05) is 18.4 Å². The molecule has 0 radical (unpaired) electrons. The SMILES string of the molecule is Cc1sc(NC(=O)c2ccc(S(=O)(=O)N3CCCCC3)o2)c(C#N)c1C. The van der Waals surface area contributed by atoms with E-state index in [-0.39, 0.29) is 10.9 Å². The second kappa shape index (κ2) is 7.23. The molecule has 0 spiro atoms. The molecule has 0 unspecified atom stereocenters. The molecule has 2 aromatic heterocycles. The molecule has 1 amide bonds.